The van der Waals surface area contributed by atoms with E-state index in [2.05, 4.69) is 5.32 Å². The number of pyridine rings is 2. The van der Waals surface area contributed by atoms with Crippen molar-refractivity contribution in [1.82, 2.24) is 19.8 Å². The largest absolute Gasteiger partial charge is 0.458 e. The topological polar surface area (TPSA) is 191 Å². The number of ether oxygens (including phenoxy) is 2. The van der Waals surface area contributed by atoms with Crippen LogP contribution in [0.4, 0.5) is 0 Å². The minimum atomic E-state index is -1.93. The van der Waals surface area contributed by atoms with E-state index in [1.54, 1.807) is 35.8 Å². The first-order valence-electron chi connectivity index (χ1n) is 15.1. The highest BCUT2D eigenvalue weighted by Gasteiger charge is 2.45. The van der Waals surface area contributed by atoms with Gasteiger partial charge in [-0.05, 0) is 42.7 Å². The molecule has 0 fully saturated rings. The van der Waals surface area contributed by atoms with Crippen LogP contribution in [0.25, 0.3) is 22.3 Å². The normalized spacial score (nSPS) is 17.8. The molecule has 2 aromatic heterocycles. The lowest BCUT2D eigenvalue weighted by atomic mass is 9.86. The SMILES string of the molecule is CCc1c2c(nc3ccc(OC(=O)CNC(=O)CC(=O)CCN4C(=O)C=CC4=O)cc13)-c1cc3c(c(=O)n1C2)COC(=O)[C@]3(O)CC. The second-order valence-electron chi connectivity index (χ2n) is 11.4. The molecule has 3 aliphatic heterocycles. The molecule has 47 heavy (non-hydrogen) atoms. The Morgan fingerprint density at radius 1 is 1.06 bits per heavy atom. The van der Waals surface area contributed by atoms with Crippen molar-refractivity contribution < 1.29 is 43.3 Å². The predicted octanol–water partition coefficient (Wildman–Crippen LogP) is 0.938. The molecule has 0 bridgehead atoms. The number of aromatic nitrogens is 2. The van der Waals surface area contributed by atoms with E-state index in [1.165, 1.54) is 0 Å². The molecule has 0 saturated heterocycles. The van der Waals surface area contributed by atoms with Gasteiger partial charge in [0.05, 0.1) is 35.4 Å². The van der Waals surface area contributed by atoms with Gasteiger partial charge in [0, 0.05) is 41.6 Å². The first-order valence-corrected chi connectivity index (χ1v) is 15.1. The van der Waals surface area contributed by atoms with Crippen molar-refractivity contribution in [3.63, 3.8) is 0 Å². The van der Waals surface area contributed by atoms with Crippen LogP contribution in [0.5, 0.6) is 5.75 Å². The van der Waals surface area contributed by atoms with Gasteiger partial charge in [0.25, 0.3) is 17.4 Å². The first kappa shape index (κ1) is 31.5. The number of carbonyl (C=O) groups is 6. The summed E-state index contributed by atoms with van der Waals surface area (Å²) in [6.07, 6.45) is 2.08. The fourth-order valence-corrected chi connectivity index (χ4v) is 6.16. The summed E-state index contributed by atoms with van der Waals surface area (Å²) in [5.74, 6) is -3.62. The summed E-state index contributed by atoms with van der Waals surface area (Å²) in [5.41, 5.74) is 1.45. The minimum absolute atomic E-state index is 0.0343. The number of nitrogens with one attached hydrogen (secondary N) is 1. The number of esters is 2. The summed E-state index contributed by atoms with van der Waals surface area (Å²) >= 11 is 0. The molecule has 3 amide bonds. The third-order valence-electron chi connectivity index (χ3n) is 8.66. The molecule has 14 nitrogen and oxygen atoms in total. The Morgan fingerprint density at radius 3 is 2.51 bits per heavy atom. The Bertz CT molecular complexity index is 1990. The van der Waals surface area contributed by atoms with E-state index >= 15 is 0 Å². The lowest BCUT2D eigenvalue weighted by molar-refractivity contribution is -0.172. The average molecular weight is 643 g/mol. The number of ketones is 1. The predicted molar refractivity (Wildman–Crippen MR) is 163 cm³/mol. The summed E-state index contributed by atoms with van der Waals surface area (Å²) < 4.78 is 12.1. The van der Waals surface area contributed by atoms with Crippen LogP contribution >= 0.6 is 0 Å². The molecule has 2 N–H and O–H groups in total. The number of fused-ring (bicyclic) bond motifs is 5. The number of amides is 3. The molecule has 0 spiro atoms. The van der Waals surface area contributed by atoms with Crippen molar-refractivity contribution in [1.29, 1.82) is 0 Å². The van der Waals surface area contributed by atoms with E-state index in [-0.39, 0.29) is 55.0 Å². The van der Waals surface area contributed by atoms with Crippen LogP contribution in [0.1, 0.15) is 55.4 Å². The van der Waals surface area contributed by atoms with Gasteiger partial charge in [-0.25, -0.2) is 14.6 Å². The second-order valence-corrected chi connectivity index (χ2v) is 11.4. The molecular formula is C33H30N4O10. The minimum Gasteiger partial charge on any atom is -0.458 e. The Kier molecular flexibility index (Phi) is 8.05. The van der Waals surface area contributed by atoms with E-state index in [9.17, 15) is 38.7 Å². The quantitative estimate of drug-likeness (QED) is 0.108. The number of nitrogens with zero attached hydrogens (tertiary/aromatic N) is 3. The number of imide groups is 1. The van der Waals surface area contributed by atoms with Gasteiger partial charge < -0.3 is 24.5 Å². The van der Waals surface area contributed by atoms with Crippen LogP contribution in [0, 0.1) is 0 Å². The molecule has 3 aromatic rings. The summed E-state index contributed by atoms with van der Waals surface area (Å²) in [4.78, 5) is 91.8. The van der Waals surface area contributed by atoms with Gasteiger partial charge in [0.2, 0.25) is 5.91 Å². The smallest absolute Gasteiger partial charge is 0.343 e. The molecule has 3 aliphatic rings. The summed E-state index contributed by atoms with van der Waals surface area (Å²) in [6, 6.07) is 6.51. The van der Waals surface area contributed by atoms with Crippen molar-refractivity contribution in [3.05, 3.63) is 69.0 Å². The second kappa shape index (κ2) is 12.0. The van der Waals surface area contributed by atoms with Crippen molar-refractivity contribution in [3.8, 4) is 17.1 Å². The lowest BCUT2D eigenvalue weighted by Crippen LogP contribution is -2.44. The summed E-state index contributed by atoms with van der Waals surface area (Å²) in [6.45, 7) is 2.94. The van der Waals surface area contributed by atoms with E-state index in [1.807, 2.05) is 6.92 Å². The maximum Gasteiger partial charge on any atom is 0.343 e. The van der Waals surface area contributed by atoms with Gasteiger partial charge in [-0.3, -0.25) is 28.9 Å². The number of carbonyl (C=O) groups excluding carboxylic acids is 6. The Hall–Kier alpha value is -5.50. The highest BCUT2D eigenvalue weighted by molar-refractivity contribution is 6.13. The number of aryl methyl sites for hydroxylation is 1. The molecule has 242 valence electrons. The van der Waals surface area contributed by atoms with Crippen LogP contribution in [-0.2, 0) is 58.7 Å². The molecule has 0 aliphatic carbocycles. The molecule has 0 radical (unpaired) electrons. The van der Waals surface area contributed by atoms with Crippen LogP contribution in [0.2, 0.25) is 0 Å². The number of Topliss-reactive ketones (excluding diaryl/α,β-unsaturated/α-hetero) is 1. The van der Waals surface area contributed by atoms with Crippen molar-refractivity contribution in [2.24, 2.45) is 0 Å². The van der Waals surface area contributed by atoms with Gasteiger partial charge in [0.1, 0.15) is 24.7 Å². The molecule has 14 heteroatoms. The maximum atomic E-state index is 13.5. The number of cyclic esters (lactones) is 1. The van der Waals surface area contributed by atoms with Gasteiger partial charge in [-0.2, -0.15) is 0 Å². The Balaban J connectivity index is 1.15. The van der Waals surface area contributed by atoms with E-state index in [0.717, 1.165) is 28.2 Å². The molecular weight excluding hydrogens is 612 g/mol. The standard InChI is InChI=1S/C33H30N4O10/c1-3-19-20-12-18(47-29(42)14-34-26(39)11-17(38)9-10-36-27(40)7-8-28(36)41)5-6-24(20)35-30-21(19)15-37-25(30)13-23-22(31(37)43)16-46-32(44)33(23,45)4-2/h5-8,12-13,45H,3-4,9-11,14-16H2,1-2H3,(H,34,39)/t33-/m0/s1. The van der Waals surface area contributed by atoms with Crippen molar-refractivity contribution in [2.45, 2.75) is 58.3 Å². The van der Waals surface area contributed by atoms with Crippen LogP contribution in [0.15, 0.2) is 41.2 Å². The zero-order valence-corrected chi connectivity index (χ0v) is 25.6. The third-order valence-corrected chi connectivity index (χ3v) is 8.66. The average Bonchev–Trinajstić information content (AvgIpc) is 3.58. The summed E-state index contributed by atoms with van der Waals surface area (Å²) in [7, 11) is 0. The van der Waals surface area contributed by atoms with E-state index < -0.39 is 54.0 Å². The van der Waals surface area contributed by atoms with Gasteiger partial charge >= 0.3 is 11.9 Å². The Morgan fingerprint density at radius 2 is 1.81 bits per heavy atom. The zero-order chi connectivity index (χ0) is 33.6. The van der Waals surface area contributed by atoms with Gasteiger partial charge in [-0.1, -0.05) is 13.8 Å². The van der Waals surface area contributed by atoms with Crippen LogP contribution < -0.4 is 15.6 Å². The van der Waals surface area contributed by atoms with Crippen molar-refractivity contribution in [2.75, 3.05) is 13.1 Å². The fraction of sp³-hybridized carbons (Fsp3) is 0.333. The molecule has 0 saturated carbocycles. The number of benzene rings is 1. The number of hydrogen-bond donors (Lipinski definition) is 2. The van der Waals surface area contributed by atoms with Crippen molar-refractivity contribution >= 4 is 46.3 Å². The number of rotatable bonds is 10. The number of hydrogen-bond acceptors (Lipinski definition) is 11. The number of aliphatic hydroxyl groups is 1. The Labute approximate surface area is 267 Å². The molecule has 0 unspecified atom stereocenters. The molecule has 1 aromatic carbocycles. The highest BCUT2D eigenvalue weighted by Crippen LogP contribution is 2.40. The van der Waals surface area contributed by atoms with E-state index in [0.29, 0.717) is 28.7 Å². The molecule has 6 rings (SSSR count). The monoisotopic (exact) mass is 642 g/mol. The lowest BCUT2D eigenvalue weighted by Gasteiger charge is -2.31. The van der Waals surface area contributed by atoms with Gasteiger partial charge in [-0.15, -0.1) is 0 Å². The van der Waals surface area contributed by atoms with Crippen LogP contribution in [0.3, 0.4) is 0 Å². The maximum absolute atomic E-state index is 13.5. The van der Waals surface area contributed by atoms with E-state index in [4.69, 9.17) is 14.5 Å². The fourth-order valence-electron chi connectivity index (χ4n) is 6.16. The molecule has 5 heterocycles. The highest BCUT2D eigenvalue weighted by atomic mass is 16.6. The first-order chi connectivity index (χ1) is 22.4. The van der Waals surface area contributed by atoms with Crippen LogP contribution in [-0.4, -0.2) is 68.1 Å². The summed E-state index contributed by atoms with van der Waals surface area (Å²) in [5, 5.41) is 14.2. The van der Waals surface area contributed by atoms with Gasteiger partial charge in [0.15, 0.2) is 5.60 Å². The third kappa shape index (κ3) is 5.50. The molecule has 1 atom stereocenters. The zero-order valence-electron chi connectivity index (χ0n) is 25.6.